The van der Waals surface area contributed by atoms with E-state index in [2.05, 4.69) is 10.6 Å². The third-order valence-electron chi connectivity index (χ3n) is 7.63. The Kier molecular flexibility index (Phi) is 7.77. The molecule has 1 aliphatic carbocycles. The number of alkyl halides is 3. The number of anilines is 1. The number of hydrogen-bond acceptors (Lipinski definition) is 4. The average Bonchev–Trinajstić information content (AvgIpc) is 3.49. The molecular weight excluding hydrogens is 536 g/mol. The van der Waals surface area contributed by atoms with Crippen molar-refractivity contribution >= 4 is 29.6 Å². The normalized spacial score (nSPS) is 22.0. The van der Waals surface area contributed by atoms with Crippen LogP contribution in [-0.4, -0.2) is 64.7 Å². The quantitative estimate of drug-likeness (QED) is 0.460. The molecule has 1 aliphatic heterocycles. The lowest BCUT2D eigenvalue weighted by Crippen LogP contribution is -2.53. The Balaban J connectivity index is 1.61. The number of rotatable bonds is 5. The minimum Gasteiger partial charge on any atom is -0.465 e. The summed E-state index contributed by atoms with van der Waals surface area (Å²) in [5.41, 5.74) is 0.544. The Hall–Kier alpha value is -4.16. The van der Waals surface area contributed by atoms with Gasteiger partial charge in [0.25, 0.3) is 0 Å². The third kappa shape index (κ3) is 5.45. The Morgan fingerprint density at radius 3 is 2.38 bits per heavy atom. The van der Waals surface area contributed by atoms with Gasteiger partial charge in [0, 0.05) is 12.7 Å². The van der Waals surface area contributed by atoms with Crippen LogP contribution in [0.3, 0.4) is 0 Å². The first-order chi connectivity index (χ1) is 18.8. The summed E-state index contributed by atoms with van der Waals surface area (Å²) < 4.78 is 55.2. The van der Waals surface area contributed by atoms with Crippen molar-refractivity contribution in [3.05, 3.63) is 65.0 Å². The number of benzene rings is 2. The van der Waals surface area contributed by atoms with Gasteiger partial charge in [-0.25, -0.2) is 18.9 Å². The number of nitrogens with one attached hydrogen (secondary N) is 2. The lowest BCUT2D eigenvalue weighted by atomic mass is 9.82. The van der Waals surface area contributed by atoms with Crippen LogP contribution in [0, 0.1) is 5.82 Å². The Labute approximate surface area is 227 Å². The van der Waals surface area contributed by atoms with Crippen molar-refractivity contribution in [1.29, 1.82) is 0 Å². The highest BCUT2D eigenvalue weighted by Crippen LogP contribution is 2.44. The molecule has 1 unspecified atom stereocenters. The number of carbonyl (C=O) groups is 4. The molecule has 4 rings (SSSR count). The number of likely N-dealkylation sites (tertiary alicyclic amines) is 1. The standard InChI is InChI=1S/C27H28F4N4O5/c1-26(12-11-16-13-18(7-8-19(16)26)33-24(38)32-2)23(37)34(25(39)40)14-22(36)35-20(9-10-21(35)27(29,30)31)15-3-5-17(28)6-4-15/h3-8,13,20-21H,9-12,14H2,1-2H3,(H,39,40)(H2,32,33,38)/t20-,21-,26?/m0/s1. The number of imide groups is 1. The second kappa shape index (κ2) is 10.8. The Morgan fingerprint density at radius 2 is 1.77 bits per heavy atom. The van der Waals surface area contributed by atoms with Crippen molar-refractivity contribution in [3.8, 4) is 0 Å². The fourth-order valence-corrected chi connectivity index (χ4v) is 5.59. The molecule has 5 amide bonds. The molecule has 0 bridgehead atoms. The van der Waals surface area contributed by atoms with Crippen LogP contribution in [0.1, 0.15) is 48.9 Å². The number of hydrogen-bond donors (Lipinski definition) is 3. The summed E-state index contributed by atoms with van der Waals surface area (Å²) >= 11 is 0. The smallest absolute Gasteiger partial charge is 0.414 e. The SMILES string of the molecule is CNC(=O)Nc1ccc2c(c1)CCC2(C)C(=O)N(CC(=O)N1[C@H](C(F)(F)F)CC[C@H]1c1ccc(F)cc1)C(=O)O. The number of carboxylic acid groups (broad SMARTS) is 1. The average molecular weight is 565 g/mol. The maximum Gasteiger partial charge on any atom is 0.414 e. The number of fused-ring (bicyclic) bond motifs is 1. The van der Waals surface area contributed by atoms with Gasteiger partial charge in [-0.2, -0.15) is 13.2 Å². The van der Waals surface area contributed by atoms with E-state index in [1.54, 1.807) is 18.2 Å². The maximum atomic E-state index is 13.9. The van der Waals surface area contributed by atoms with Gasteiger partial charge in [-0.15, -0.1) is 0 Å². The van der Waals surface area contributed by atoms with Gasteiger partial charge in [0.1, 0.15) is 18.4 Å². The topological polar surface area (TPSA) is 119 Å². The molecule has 1 heterocycles. The number of carbonyl (C=O) groups excluding carboxylic acids is 3. The predicted molar refractivity (Wildman–Crippen MR) is 135 cm³/mol. The number of aryl methyl sites for hydroxylation is 1. The third-order valence-corrected chi connectivity index (χ3v) is 7.63. The molecule has 214 valence electrons. The van der Waals surface area contributed by atoms with Crippen LogP contribution in [0.4, 0.5) is 32.8 Å². The van der Waals surface area contributed by atoms with Crippen molar-refractivity contribution in [2.45, 2.75) is 56.3 Å². The second-order valence-corrected chi connectivity index (χ2v) is 10.1. The van der Waals surface area contributed by atoms with Gasteiger partial charge in [0.2, 0.25) is 11.8 Å². The number of nitrogens with zero attached hydrogens (tertiary/aromatic N) is 2. The summed E-state index contributed by atoms with van der Waals surface area (Å²) in [7, 11) is 1.45. The van der Waals surface area contributed by atoms with Gasteiger partial charge < -0.3 is 20.6 Å². The van der Waals surface area contributed by atoms with Gasteiger partial charge in [-0.1, -0.05) is 18.2 Å². The summed E-state index contributed by atoms with van der Waals surface area (Å²) in [6.07, 6.45) is -6.49. The summed E-state index contributed by atoms with van der Waals surface area (Å²) in [5.74, 6) is -2.73. The van der Waals surface area contributed by atoms with E-state index in [1.807, 2.05) is 0 Å². The number of urea groups is 1. The van der Waals surface area contributed by atoms with Crippen molar-refractivity contribution in [3.63, 3.8) is 0 Å². The van der Waals surface area contributed by atoms with Crippen LogP contribution in [0.25, 0.3) is 0 Å². The molecule has 13 heteroatoms. The van der Waals surface area contributed by atoms with E-state index in [-0.39, 0.29) is 23.3 Å². The molecule has 1 saturated heterocycles. The molecular formula is C27H28F4N4O5. The van der Waals surface area contributed by atoms with Crippen LogP contribution < -0.4 is 10.6 Å². The highest BCUT2D eigenvalue weighted by molar-refractivity contribution is 6.01. The molecule has 2 aromatic rings. The Bertz CT molecular complexity index is 1330. The monoisotopic (exact) mass is 564 g/mol. The zero-order valence-corrected chi connectivity index (χ0v) is 21.7. The van der Waals surface area contributed by atoms with E-state index >= 15 is 0 Å². The predicted octanol–water partition coefficient (Wildman–Crippen LogP) is 4.58. The van der Waals surface area contributed by atoms with Crippen LogP contribution >= 0.6 is 0 Å². The molecule has 0 saturated carbocycles. The molecule has 0 radical (unpaired) electrons. The van der Waals surface area contributed by atoms with Crippen LogP contribution in [-0.2, 0) is 21.4 Å². The molecule has 0 spiro atoms. The van der Waals surface area contributed by atoms with Gasteiger partial charge in [0.05, 0.1) is 11.5 Å². The molecule has 40 heavy (non-hydrogen) atoms. The van der Waals surface area contributed by atoms with Gasteiger partial charge in [-0.05, 0) is 73.6 Å². The van der Waals surface area contributed by atoms with Crippen LogP contribution in [0.15, 0.2) is 42.5 Å². The van der Waals surface area contributed by atoms with E-state index in [9.17, 15) is 41.8 Å². The first kappa shape index (κ1) is 28.8. The van der Waals surface area contributed by atoms with Gasteiger partial charge >= 0.3 is 18.3 Å². The minimum atomic E-state index is -4.79. The van der Waals surface area contributed by atoms with Crippen molar-refractivity contribution in [2.24, 2.45) is 0 Å². The summed E-state index contributed by atoms with van der Waals surface area (Å²) in [6.45, 7) is 0.406. The molecule has 1 fully saturated rings. The minimum absolute atomic E-state index is 0.0694. The zero-order valence-electron chi connectivity index (χ0n) is 21.7. The Morgan fingerprint density at radius 1 is 1.10 bits per heavy atom. The van der Waals surface area contributed by atoms with Crippen molar-refractivity contribution in [1.82, 2.24) is 15.1 Å². The number of amides is 5. The first-order valence-corrected chi connectivity index (χ1v) is 12.6. The summed E-state index contributed by atoms with van der Waals surface area (Å²) in [5, 5.41) is 14.9. The lowest BCUT2D eigenvalue weighted by Gasteiger charge is -2.34. The fourth-order valence-electron chi connectivity index (χ4n) is 5.59. The molecule has 2 aromatic carbocycles. The van der Waals surface area contributed by atoms with E-state index < -0.39 is 66.4 Å². The second-order valence-electron chi connectivity index (χ2n) is 10.1. The molecule has 3 atom stereocenters. The van der Waals surface area contributed by atoms with E-state index in [0.29, 0.717) is 28.1 Å². The van der Waals surface area contributed by atoms with Crippen LogP contribution in [0.2, 0.25) is 0 Å². The highest BCUT2D eigenvalue weighted by Gasteiger charge is 2.53. The molecule has 3 N–H and O–H groups in total. The fraction of sp³-hybridized carbons (Fsp3) is 0.407. The number of halogens is 4. The van der Waals surface area contributed by atoms with E-state index in [0.717, 1.165) is 12.1 Å². The van der Waals surface area contributed by atoms with Crippen molar-refractivity contribution in [2.75, 3.05) is 18.9 Å². The lowest BCUT2D eigenvalue weighted by molar-refractivity contribution is -0.186. The van der Waals surface area contributed by atoms with E-state index in [1.165, 1.54) is 26.1 Å². The molecule has 0 aromatic heterocycles. The summed E-state index contributed by atoms with van der Waals surface area (Å²) in [6, 6.07) is 5.78. The maximum absolute atomic E-state index is 13.9. The molecule has 2 aliphatic rings. The summed E-state index contributed by atoms with van der Waals surface area (Å²) in [4.78, 5) is 51.7. The van der Waals surface area contributed by atoms with Crippen LogP contribution in [0.5, 0.6) is 0 Å². The van der Waals surface area contributed by atoms with Crippen molar-refractivity contribution < 1.29 is 41.8 Å². The molecule has 9 nitrogen and oxygen atoms in total. The van der Waals surface area contributed by atoms with E-state index in [4.69, 9.17) is 0 Å². The highest BCUT2D eigenvalue weighted by atomic mass is 19.4. The van der Waals surface area contributed by atoms with Gasteiger partial charge in [0.15, 0.2) is 0 Å². The first-order valence-electron chi connectivity index (χ1n) is 12.6. The zero-order chi connectivity index (χ0) is 29.4. The van der Waals surface area contributed by atoms with Gasteiger partial charge in [-0.3, -0.25) is 9.59 Å². The largest absolute Gasteiger partial charge is 0.465 e.